The highest BCUT2D eigenvalue weighted by Crippen LogP contribution is 2.38. The Kier molecular flexibility index (Phi) is 5.41. The summed E-state index contributed by atoms with van der Waals surface area (Å²) in [5, 5.41) is 6.83. The van der Waals surface area contributed by atoms with E-state index >= 15 is 0 Å². The number of benzene rings is 1. The summed E-state index contributed by atoms with van der Waals surface area (Å²) in [5.41, 5.74) is 3.27. The van der Waals surface area contributed by atoms with Crippen molar-refractivity contribution in [2.24, 2.45) is 0 Å². The molecule has 1 amide bonds. The Morgan fingerprint density at radius 1 is 1.24 bits per heavy atom. The molecule has 1 aromatic carbocycles. The zero-order chi connectivity index (χ0) is 23.3. The van der Waals surface area contributed by atoms with E-state index in [-0.39, 0.29) is 11.6 Å². The number of imidazole rings is 1. The summed E-state index contributed by atoms with van der Waals surface area (Å²) in [5.74, 6) is -0.865. The minimum Gasteiger partial charge on any atom is -0.473 e. The number of rotatable bonds is 4. The lowest BCUT2D eigenvalue weighted by Gasteiger charge is -2.37. The van der Waals surface area contributed by atoms with Gasteiger partial charge in [0.15, 0.2) is 11.5 Å². The molecule has 8 nitrogen and oxygen atoms in total. The smallest absolute Gasteiger partial charge is 0.274 e. The molecule has 5 rings (SSSR count). The molecule has 3 aromatic heterocycles. The summed E-state index contributed by atoms with van der Waals surface area (Å²) in [7, 11) is 1.57. The number of aryl methyl sites for hydroxylation is 1. The SMILES string of the molecule is COc1nc2c(C(=O)Nc3cc(F)c4nc(C)cn4c3)ccc(N3C[C@@H](C)N[C@H](C)C3)c2s1. The van der Waals surface area contributed by atoms with E-state index in [4.69, 9.17) is 4.74 Å². The molecule has 1 fully saturated rings. The Balaban J connectivity index is 1.52. The van der Waals surface area contributed by atoms with Crippen LogP contribution in [0.4, 0.5) is 15.8 Å². The second kappa shape index (κ2) is 8.27. The van der Waals surface area contributed by atoms with Crippen LogP contribution in [0.25, 0.3) is 15.9 Å². The van der Waals surface area contributed by atoms with E-state index in [1.54, 1.807) is 36.9 Å². The highest BCUT2D eigenvalue weighted by Gasteiger charge is 2.26. The Morgan fingerprint density at radius 3 is 2.73 bits per heavy atom. The Labute approximate surface area is 194 Å². The minimum atomic E-state index is -0.501. The van der Waals surface area contributed by atoms with Gasteiger partial charge in [-0.05, 0) is 32.9 Å². The molecule has 0 unspecified atom stereocenters. The lowest BCUT2D eigenvalue weighted by atomic mass is 10.1. The van der Waals surface area contributed by atoms with Crippen molar-refractivity contribution in [3.63, 3.8) is 0 Å². The molecule has 4 heterocycles. The first-order valence-electron chi connectivity index (χ1n) is 10.8. The fourth-order valence-corrected chi connectivity index (χ4v) is 5.41. The number of methoxy groups -OCH3 is 1. The fourth-order valence-electron chi connectivity index (χ4n) is 4.46. The maximum Gasteiger partial charge on any atom is 0.274 e. The monoisotopic (exact) mass is 468 g/mol. The number of carbonyl (C=O) groups excluding carboxylic acids is 1. The van der Waals surface area contributed by atoms with E-state index < -0.39 is 5.82 Å². The van der Waals surface area contributed by atoms with Crippen LogP contribution in [0.2, 0.25) is 0 Å². The van der Waals surface area contributed by atoms with E-state index in [0.29, 0.717) is 39.7 Å². The lowest BCUT2D eigenvalue weighted by molar-refractivity contribution is 0.102. The zero-order valence-electron chi connectivity index (χ0n) is 18.8. The van der Waals surface area contributed by atoms with Crippen molar-refractivity contribution in [2.45, 2.75) is 32.9 Å². The predicted octanol–water partition coefficient (Wildman–Crippen LogP) is 3.84. The van der Waals surface area contributed by atoms with E-state index in [1.165, 1.54) is 17.4 Å². The molecule has 0 radical (unpaired) electrons. The molecule has 1 aliphatic heterocycles. The van der Waals surface area contributed by atoms with Crippen molar-refractivity contribution in [1.29, 1.82) is 0 Å². The second-order valence-corrected chi connectivity index (χ2v) is 9.47. The van der Waals surface area contributed by atoms with Crippen molar-refractivity contribution in [3.8, 4) is 5.19 Å². The third-order valence-corrected chi connectivity index (χ3v) is 6.74. The standard InChI is InChI=1S/C23H25FN6O2S/c1-12-8-29(9-13(2)25-12)18-6-5-16(19-20(18)33-23(28-19)32-4)22(31)27-15-7-17(24)21-26-14(3)10-30(21)11-15/h5-7,10-13,25H,8-9H2,1-4H3,(H,27,31)/t12-,13-/m1/s1. The molecule has 0 bridgehead atoms. The first-order chi connectivity index (χ1) is 15.8. The van der Waals surface area contributed by atoms with Gasteiger partial charge in [0.2, 0.25) is 0 Å². The number of aromatic nitrogens is 3. The average molecular weight is 469 g/mol. The lowest BCUT2D eigenvalue weighted by Crippen LogP contribution is -2.54. The third kappa shape index (κ3) is 4.00. The van der Waals surface area contributed by atoms with Crippen LogP contribution in [-0.4, -0.2) is 52.6 Å². The van der Waals surface area contributed by atoms with Crippen LogP contribution < -0.4 is 20.3 Å². The van der Waals surface area contributed by atoms with Crippen LogP contribution in [0.1, 0.15) is 29.9 Å². The molecule has 172 valence electrons. The Morgan fingerprint density at radius 2 is 2.00 bits per heavy atom. The van der Waals surface area contributed by atoms with E-state index in [2.05, 4.69) is 39.3 Å². The first kappa shape index (κ1) is 21.6. The number of carbonyl (C=O) groups is 1. The van der Waals surface area contributed by atoms with Gasteiger partial charge in [0.25, 0.3) is 11.1 Å². The molecule has 4 aromatic rings. The average Bonchev–Trinajstić information content (AvgIpc) is 3.35. The number of thiazole rings is 1. The maximum absolute atomic E-state index is 14.5. The van der Waals surface area contributed by atoms with Gasteiger partial charge in [0, 0.05) is 43.6 Å². The topological polar surface area (TPSA) is 83.8 Å². The van der Waals surface area contributed by atoms with E-state index in [0.717, 1.165) is 23.5 Å². The number of halogens is 1. The summed E-state index contributed by atoms with van der Waals surface area (Å²) >= 11 is 1.42. The number of pyridine rings is 1. The summed E-state index contributed by atoms with van der Waals surface area (Å²) in [6.07, 6.45) is 3.36. The first-order valence-corrected chi connectivity index (χ1v) is 11.6. The van der Waals surface area contributed by atoms with Crippen molar-refractivity contribution in [3.05, 3.63) is 47.7 Å². The highest BCUT2D eigenvalue weighted by molar-refractivity contribution is 7.21. The van der Waals surface area contributed by atoms with Gasteiger partial charge in [-0.25, -0.2) is 14.4 Å². The van der Waals surface area contributed by atoms with Gasteiger partial charge in [0.1, 0.15) is 5.52 Å². The van der Waals surface area contributed by atoms with Crippen molar-refractivity contribution in [1.82, 2.24) is 19.7 Å². The molecular weight excluding hydrogens is 443 g/mol. The van der Waals surface area contributed by atoms with E-state index in [1.807, 2.05) is 6.07 Å². The molecular formula is C23H25FN6O2S. The zero-order valence-corrected chi connectivity index (χ0v) is 19.7. The second-order valence-electron chi connectivity index (χ2n) is 8.51. The molecule has 2 atom stereocenters. The molecule has 0 spiro atoms. The maximum atomic E-state index is 14.5. The number of hydrogen-bond acceptors (Lipinski definition) is 7. The molecule has 33 heavy (non-hydrogen) atoms. The number of nitrogens with one attached hydrogen (secondary N) is 2. The van der Waals surface area contributed by atoms with Crippen LogP contribution in [0, 0.1) is 12.7 Å². The molecule has 1 saturated heterocycles. The Bertz CT molecular complexity index is 1360. The van der Waals surface area contributed by atoms with Gasteiger partial charge in [-0.3, -0.25) is 4.79 Å². The number of hydrogen-bond donors (Lipinski definition) is 2. The fraction of sp³-hybridized carbons (Fsp3) is 0.348. The molecule has 1 aliphatic rings. The highest BCUT2D eigenvalue weighted by atomic mass is 32.1. The van der Waals surface area contributed by atoms with Crippen LogP contribution in [0.5, 0.6) is 5.19 Å². The summed E-state index contributed by atoms with van der Waals surface area (Å²) in [4.78, 5) is 24.2. The van der Waals surface area contributed by atoms with Crippen molar-refractivity contribution in [2.75, 3.05) is 30.4 Å². The van der Waals surface area contributed by atoms with Crippen LogP contribution in [0.15, 0.2) is 30.6 Å². The minimum absolute atomic E-state index is 0.223. The van der Waals surface area contributed by atoms with Crippen LogP contribution in [0.3, 0.4) is 0 Å². The number of ether oxygens (including phenoxy) is 1. The van der Waals surface area contributed by atoms with Gasteiger partial charge in [-0.15, -0.1) is 0 Å². The van der Waals surface area contributed by atoms with Crippen LogP contribution >= 0.6 is 11.3 Å². The molecule has 0 aliphatic carbocycles. The third-order valence-electron chi connectivity index (χ3n) is 5.71. The van der Waals surface area contributed by atoms with Crippen molar-refractivity contribution < 1.29 is 13.9 Å². The van der Waals surface area contributed by atoms with Gasteiger partial charge in [-0.2, -0.15) is 0 Å². The summed E-state index contributed by atoms with van der Waals surface area (Å²) < 4.78 is 22.3. The van der Waals surface area contributed by atoms with Crippen molar-refractivity contribution >= 4 is 44.5 Å². The molecule has 0 saturated carbocycles. The normalized spacial score (nSPS) is 18.8. The predicted molar refractivity (Wildman–Crippen MR) is 128 cm³/mol. The number of fused-ring (bicyclic) bond motifs is 2. The van der Waals surface area contributed by atoms with E-state index in [9.17, 15) is 9.18 Å². The quantitative estimate of drug-likeness (QED) is 0.474. The number of amides is 1. The number of anilines is 2. The van der Waals surface area contributed by atoms with Gasteiger partial charge < -0.3 is 24.7 Å². The molecule has 10 heteroatoms. The number of nitrogens with zero attached hydrogens (tertiary/aromatic N) is 4. The summed E-state index contributed by atoms with van der Waals surface area (Å²) in [6.45, 7) is 7.82. The van der Waals surface area contributed by atoms with Gasteiger partial charge in [-0.1, -0.05) is 11.3 Å². The summed E-state index contributed by atoms with van der Waals surface area (Å²) in [6, 6.07) is 5.70. The number of piperazine rings is 1. The van der Waals surface area contributed by atoms with Gasteiger partial charge in [0.05, 0.1) is 34.4 Å². The molecule has 2 N–H and O–H groups in total. The van der Waals surface area contributed by atoms with Crippen LogP contribution in [-0.2, 0) is 0 Å². The largest absolute Gasteiger partial charge is 0.473 e. The Hall–Kier alpha value is -3.24. The van der Waals surface area contributed by atoms with Gasteiger partial charge >= 0.3 is 0 Å².